The third kappa shape index (κ3) is 2.95. The van der Waals surface area contributed by atoms with Crippen LogP contribution < -0.4 is 5.73 Å². The van der Waals surface area contributed by atoms with Crippen molar-refractivity contribution in [2.75, 3.05) is 5.73 Å². The third-order valence-electron chi connectivity index (χ3n) is 2.48. The van der Waals surface area contributed by atoms with Crippen molar-refractivity contribution in [3.05, 3.63) is 53.5 Å². The number of hydrogen-bond acceptors (Lipinski definition) is 4. The first-order valence-electron chi connectivity index (χ1n) is 5.39. The Morgan fingerprint density at radius 1 is 1.42 bits per heavy atom. The summed E-state index contributed by atoms with van der Waals surface area (Å²) in [7, 11) is -1.55. The Bertz CT molecular complexity index is 682. The lowest BCUT2D eigenvalue weighted by atomic mass is 10.1. The van der Waals surface area contributed by atoms with Crippen molar-refractivity contribution in [1.82, 2.24) is 4.98 Å². The Morgan fingerprint density at radius 2 is 2.21 bits per heavy atom. The van der Waals surface area contributed by atoms with Gasteiger partial charge in [0.1, 0.15) is 10.8 Å². The molecule has 0 saturated heterocycles. The highest BCUT2D eigenvalue weighted by atomic mass is 32.2. The minimum atomic E-state index is -1.55. The first-order valence-corrected chi connectivity index (χ1v) is 6.71. The van der Waals surface area contributed by atoms with E-state index in [0.29, 0.717) is 11.3 Å². The van der Waals surface area contributed by atoms with Crippen LogP contribution in [-0.2, 0) is 16.6 Å². The molecule has 1 atom stereocenters. The van der Waals surface area contributed by atoms with E-state index >= 15 is 0 Å². The highest BCUT2D eigenvalue weighted by Gasteiger charge is 2.13. The van der Waals surface area contributed by atoms with Crippen molar-refractivity contribution in [2.24, 2.45) is 0 Å². The fraction of sp³-hybridized carbons (Fsp3) is 0.0769. The summed E-state index contributed by atoms with van der Waals surface area (Å²) in [6.45, 7) is 0. The molecule has 0 aliphatic carbocycles. The van der Waals surface area contributed by atoms with Gasteiger partial charge in [0.25, 0.3) is 0 Å². The zero-order valence-electron chi connectivity index (χ0n) is 9.84. The van der Waals surface area contributed by atoms with Gasteiger partial charge in [0.05, 0.1) is 33.9 Å². The van der Waals surface area contributed by atoms with Crippen LogP contribution >= 0.6 is 0 Å². The van der Waals surface area contributed by atoms with Crippen LogP contribution in [0.3, 0.4) is 0 Å². The molecular weight excluding hydrogens is 265 g/mol. The minimum Gasteiger partial charge on any atom is -0.396 e. The van der Waals surface area contributed by atoms with Gasteiger partial charge in [0.15, 0.2) is 0 Å². The van der Waals surface area contributed by atoms with E-state index in [-0.39, 0.29) is 16.3 Å². The first kappa shape index (κ1) is 13.2. The van der Waals surface area contributed by atoms with Gasteiger partial charge in [-0.15, -0.1) is 0 Å². The van der Waals surface area contributed by atoms with Crippen molar-refractivity contribution in [1.29, 1.82) is 5.26 Å². The minimum absolute atomic E-state index is 0.0669. The summed E-state index contributed by atoms with van der Waals surface area (Å²) in [4.78, 5) is 3.93. The number of anilines is 1. The summed E-state index contributed by atoms with van der Waals surface area (Å²) >= 11 is 0. The number of benzene rings is 1. The molecule has 0 bridgehead atoms. The van der Waals surface area contributed by atoms with Gasteiger partial charge in [-0.3, -0.25) is 4.21 Å². The van der Waals surface area contributed by atoms with Crippen LogP contribution in [0, 0.1) is 17.1 Å². The van der Waals surface area contributed by atoms with Crippen LogP contribution in [0.5, 0.6) is 0 Å². The number of nitrogens with zero attached hydrogens (tertiary/aromatic N) is 2. The smallest absolute Gasteiger partial charge is 0.150 e. The van der Waals surface area contributed by atoms with E-state index in [1.165, 1.54) is 24.4 Å². The van der Waals surface area contributed by atoms with E-state index in [4.69, 9.17) is 11.0 Å². The second kappa shape index (κ2) is 5.59. The standard InChI is InChI=1S/C13H10FN3OS/c14-11-4-3-9(7-15)6-10(11)8-19(18)13-12(16)2-1-5-17-13/h1-6H,8,16H2. The fourth-order valence-corrected chi connectivity index (χ4v) is 2.71. The largest absolute Gasteiger partial charge is 0.396 e. The van der Waals surface area contributed by atoms with Crippen LogP contribution in [0.25, 0.3) is 0 Å². The molecule has 4 nitrogen and oxygen atoms in total. The highest BCUT2D eigenvalue weighted by molar-refractivity contribution is 7.84. The first-order chi connectivity index (χ1) is 9.11. The van der Waals surface area contributed by atoms with Gasteiger partial charge in [0, 0.05) is 11.8 Å². The fourth-order valence-electron chi connectivity index (χ4n) is 1.56. The predicted molar refractivity (Wildman–Crippen MR) is 69.9 cm³/mol. The summed E-state index contributed by atoms with van der Waals surface area (Å²) in [5.74, 6) is -0.565. The topological polar surface area (TPSA) is 79.8 Å². The molecule has 0 amide bonds. The molecule has 6 heteroatoms. The third-order valence-corrected chi connectivity index (χ3v) is 3.82. The van der Waals surface area contributed by atoms with E-state index in [2.05, 4.69) is 4.98 Å². The Kier molecular flexibility index (Phi) is 3.88. The molecule has 0 aliphatic heterocycles. The molecular formula is C13H10FN3OS. The lowest BCUT2D eigenvalue weighted by molar-refractivity contribution is 0.615. The van der Waals surface area contributed by atoms with Gasteiger partial charge < -0.3 is 5.73 Å². The van der Waals surface area contributed by atoms with Crippen molar-refractivity contribution < 1.29 is 8.60 Å². The zero-order chi connectivity index (χ0) is 13.8. The molecule has 0 radical (unpaired) electrons. The summed E-state index contributed by atoms with van der Waals surface area (Å²) in [5, 5.41) is 8.99. The number of rotatable bonds is 3. The van der Waals surface area contributed by atoms with Gasteiger partial charge in [-0.25, -0.2) is 9.37 Å². The number of halogens is 1. The average Bonchev–Trinajstić information content (AvgIpc) is 2.41. The molecule has 0 saturated carbocycles. The molecule has 19 heavy (non-hydrogen) atoms. The summed E-state index contributed by atoms with van der Waals surface area (Å²) < 4.78 is 25.7. The molecule has 2 aromatic rings. The molecule has 1 aromatic heterocycles. The quantitative estimate of drug-likeness (QED) is 0.928. The highest BCUT2D eigenvalue weighted by Crippen LogP contribution is 2.18. The molecule has 0 aliphatic rings. The van der Waals surface area contributed by atoms with Gasteiger partial charge in [-0.2, -0.15) is 5.26 Å². The van der Waals surface area contributed by atoms with E-state index in [9.17, 15) is 8.60 Å². The van der Waals surface area contributed by atoms with Gasteiger partial charge >= 0.3 is 0 Å². The van der Waals surface area contributed by atoms with Crippen LogP contribution in [0.1, 0.15) is 11.1 Å². The van der Waals surface area contributed by atoms with Crippen LogP contribution in [-0.4, -0.2) is 9.19 Å². The molecule has 1 heterocycles. The molecule has 1 unspecified atom stereocenters. The summed E-state index contributed by atoms with van der Waals surface area (Å²) in [5.41, 5.74) is 6.50. The maximum absolute atomic E-state index is 13.6. The molecule has 96 valence electrons. The van der Waals surface area contributed by atoms with Crippen LogP contribution in [0.15, 0.2) is 41.6 Å². The Hall–Kier alpha value is -2.26. The van der Waals surface area contributed by atoms with Crippen LogP contribution in [0.4, 0.5) is 10.1 Å². The van der Waals surface area contributed by atoms with Crippen molar-refractivity contribution in [2.45, 2.75) is 10.8 Å². The SMILES string of the molecule is N#Cc1ccc(F)c(CS(=O)c2ncccc2N)c1. The number of hydrogen-bond donors (Lipinski definition) is 1. The molecule has 0 fully saturated rings. The predicted octanol–water partition coefficient (Wildman–Crippen LogP) is 1.98. The molecule has 1 aromatic carbocycles. The monoisotopic (exact) mass is 275 g/mol. The lowest BCUT2D eigenvalue weighted by Gasteiger charge is -2.05. The maximum atomic E-state index is 13.6. The Balaban J connectivity index is 2.30. The normalized spacial score (nSPS) is 11.8. The number of pyridine rings is 1. The zero-order valence-corrected chi connectivity index (χ0v) is 10.7. The molecule has 2 rings (SSSR count). The lowest BCUT2D eigenvalue weighted by Crippen LogP contribution is -2.04. The molecule has 0 spiro atoms. The number of nitrogens with two attached hydrogens (primary N) is 1. The van der Waals surface area contributed by atoms with Crippen molar-refractivity contribution in [3.8, 4) is 6.07 Å². The number of aromatic nitrogens is 1. The van der Waals surface area contributed by atoms with E-state index < -0.39 is 16.6 Å². The van der Waals surface area contributed by atoms with Crippen molar-refractivity contribution in [3.63, 3.8) is 0 Å². The van der Waals surface area contributed by atoms with Gasteiger partial charge in [-0.1, -0.05) is 0 Å². The Labute approximate surface area is 112 Å². The number of nitrogen functional groups attached to an aromatic ring is 1. The van der Waals surface area contributed by atoms with Gasteiger partial charge in [0.2, 0.25) is 0 Å². The maximum Gasteiger partial charge on any atom is 0.150 e. The van der Waals surface area contributed by atoms with Gasteiger partial charge in [-0.05, 0) is 30.3 Å². The summed E-state index contributed by atoms with van der Waals surface area (Å²) in [6.07, 6.45) is 1.48. The van der Waals surface area contributed by atoms with Crippen LogP contribution in [0.2, 0.25) is 0 Å². The second-order valence-electron chi connectivity index (χ2n) is 3.81. The molecule has 2 N–H and O–H groups in total. The number of nitriles is 1. The van der Waals surface area contributed by atoms with E-state index in [1.54, 1.807) is 12.1 Å². The van der Waals surface area contributed by atoms with E-state index in [0.717, 1.165) is 0 Å². The average molecular weight is 275 g/mol. The second-order valence-corrected chi connectivity index (χ2v) is 5.17. The summed E-state index contributed by atoms with van der Waals surface area (Å²) in [6, 6.07) is 9.07. The Morgan fingerprint density at radius 3 is 2.89 bits per heavy atom. The van der Waals surface area contributed by atoms with Crippen molar-refractivity contribution >= 4 is 16.5 Å². The van der Waals surface area contributed by atoms with E-state index in [1.807, 2.05) is 6.07 Å².